The van der Waals surface area contributed by atoms with Gasteiger partial charge in [-0.25, -0.2) is 0 Å². The summed E-state index contributed by atoms with van der Waals surface area (Å²) in [6.07, 6.45) is 0. The number of aliphatic hydroxyl groups is 1. The van der Waals surface area contributed by atoms with E-state index in [1.165, 1.54) is 19.2 Å². The first kappa shape index (κ1) is 10.9. The molecule has 14 heavy (non-hydrogen) atoms. The summed E-state index contributed by atoms with van der Waals surface area (Å²) in [5, 5.41) is 19.5. The molecule has 0 bridgehead atoms. The molecule has 0 unspecified atom stereocenters. The van der Waals surface area contributed by atoms with Crippen molar-refractivity contribution in [2.24, 2.45) is 0 Å². The van der Waals surface area contributed by atoms with Crippen LogP contribution in [0.1, 0.15) is 5.56 Å². The molecule has 6 heteroatoms. The van der Waals surface area contributed by atoms with Crippen LogP contribution >= 0.6 is 15.9 Å². The second kappa shape index (κ2) is 4.39. The fourth-order valence-electron chi connectivity index (χ4n) is 1.01. The maximum atomic E-state index is 10.6. The number of nitro benzene ring substituents is 1. The quantitative estimate of drug-likeness (QED) is 0.666. The molecule has 0 radical (unpaired) electrons. The second-order valence-corrected chi connectivity index (χ2v) is 3.39. The normalized spacial score (nSPS) is 9.93. The van der Waals surface area contributed by atoms with Crippen molar-refractivity contribution in [2.45, 2.75) is 6.61 Å². The van der Waals surface area contributed by atoms with Crippen LogP contribution < -0.4 is 4.74 Å². The lowest BCUT2D eigenvalue weighted by atomic mass is 10.2. The van der Waals surface area contributed by atoms with E-state index in [1.807, 2.05) is 0 Å². The smallest absolute Gasteiger partial charge is 0.311 e. The van der Waals surface area contributed by atoms with Crippen molar-refractivity contribution in [1.29, 1.82) is 0 Å². The summed E-state index contributed by atoms with van der Waals surface area (Å²) >= 11 is 3.17. The summed E-state index contributed by atoms with van der Waals surface area (Å²) in [6.45, 7) is -0.259. The monoisotopic (exact) mass is 261 g/mol. The van der Waals surface area contributed by atoms with Crippen LogP contribution in [0.15, 0.2) is 16.6 Å². The minimum Gasteiger partial charge on any atom is -0.490 e. The standard InChI is InChI=1S/C8H8BrNO4/c1-14-8-3-6(9)5(4-11)2-7(8)10(12)13/h2-3,11H,4H2,1H3. The van der Waals surface area contributed by atoms with E-state index >= 15 is 0 Å². The number of benzene rings is 1. The number of hydrogen-bond acceptors (Lipinski definition) is 4. The van der Waals surface area contributed by atoms with E-state index in [1.54, 1.807) is 0 Å². The number of nitro groups is 1. The Bertz CT molecular complexity index is 367. The molecular weight excluding hydrogens is 254 g/mol. The molecule has 0 fully saturated rings. The van der Waals surface area contributed by atoms with E-state index in [0.29, 0.717) is 10.0 Å². The van der Waals surface area contributed by atoms with Gasteiger partial charge in [0.25, 0.3) is 0 Å². The van der Waals surface area contributed by atoms with Gasteiger partial charge < -0.3 is 9.84 Å². The minimum absolute atomic E-state index is 0.153. The molecule has 5 nitrogen and oxygen atoms in total. The lowest BCUT2D eigenvalue weighted by Crippen LogP contribution is -1.96. The van der Waals surface area contributed by atoms with Crippen LogP contribution in [0, 0.1) is 10.1 Å². The molecule has 0 heterocycles. The van der Waals surface area contributed by atoms with Crippen molar-refractivity contribution in [2.75, 3.05) is 7.11 Å². The molecule has 1 aromatic rings. The van der Waals surface area contributed by atoms with E-state index in [2.05, 4.69) is 15.9 Å². The SMILES string of the molecule is COc1cc(Br)c(CO)cc1[N+](=O)[O-]. The van der Waals surface area contributed by atoms with Crippen LogP contribution in [0.25, 0.3) is 0 Å². The summed E-state index contributed by atoms with van der Waals surface area (Å²) in [5.74, 6) is 0.166. The first-order valence-corrected chi connectivity index (χ1v) is 4.51. The Morgan fingerprint density at radius 2 is 2.29 bits per heavy atom. The van der Waals surface area contributed by atoms with Gasteiger partial charge in [0.2, 0.25) is 0 Å². The Labute approximate surface area is 88.6 Å². The molecule has 1 aromatic carbocycles. The van der Waals surface area contributed by atoms with E-state index in [0.717, 1.165) is 0 Å². The Morgan fingerprint density at radius 1 is 1.64 bits per heavy atom. The highest BCUT2D eigenvalue weighted by atomic mass is 79.9. The van der Waals surface area contributed by atoms with E-state index in [-0.39, 0.29) is 18.0 Å². The van der Waals surface area contributed by atoms with Crippen molar-refractivity contribution in [1.82, 2.24) is 0 Å². The minimum atomic E-state index is -0.551. The fraction of sp³-hybridized carbons (Fsp3) is 0.250. The van der Waals surface area contributed by atoms with Crippen molar-refractivity contribution < 1.29 is 14.8 Å². The van der Waals surface area contributed by atoms with E-state index in [9.17, 15) is 10.1 Å². The Balaban J connectivity index is 3.32. The van der Waals surface area contributed by atoms with Crippen molar-refractivity contribution in [3.63, 3.8) is 0 Å². The maximum Gasteiger partial charge on any atom is 0.311 e. The first-order chi connectivity index (χ1) is 6.60. The predicted octanol–water partition coefficient (Wildman–Crippen LogP) is 1.86. The van der Waals surface area contributed by atoms with Gasteiger partial charge >= 0.3 is 5.69 Å². The summed E-state index contributed by atoms with van der Waals surface area (Å²) in [5.41, 5.74) is 0.303. The van der Waals surface area contributed by atoms with Crippen LogP contribution in [0.3, 0.4) is 0 Å². The Hall–Kier alpha value is -1.14. The lowest BCUT2D eigenvalue weighted by Gasteiger charge is -2.05. The predicted molar refractivity (Wildman–Crippen MR) is 53.3 cm³/mol. The molecule has 0 aliphatic carbocycles. The van der Waals surface area contributed by atoms with Crippen molar-refractivity contribution in [3.8, 4) is 5.75 Å². The molecule has 0 saturated heterocycles. The lowest BCUT2D eigenvalue weighted by molar-refractivity contribution is -0.385. The van der Waals surface area contributed by atoms with Gasteiger partial charge in [-0.05, 0) is 5.56 Å². The summed E-state index contributed by atoms with van der Waals surface area (Å²) in [4.78, 5) is 10.0. The van der Waals surface area contributed by atoms with Crippen LogP contribution in [-0.4, -0.2) is 17.1 Å². The molecule has 0 saturated carbocycles. The zero-order valence-electron chi connectivity index (χ0n) is 7.36. The van der Waals surface area contributed by atoms with Gasteiger partial charge in [0, 0.05) is 16.6 Å². The molecule has 0 aromatic heterocycles. The molecule has 76 valence electrons. The molecule has 1 rings (SSSR count). The molecule has 0 aliphatic heterocycles. The zero-order valence-corrected chi connectivity index (χ0v) is 8.94. The second-order valence-electron chi connectivity index (χ2n) is 2.53. The van der Waals surface area contributed by atoms with Gasteiger partial charge in [-0.2, -0.15) is 0 Å². The molecule has 0 atom stereocenters. The van der Waals surface area contributed by atoms with Gasteiger partial charge in [-0.3, -0.25) is 10.1 Å². The van der Waals surface area contributed by atoms with Crippen molar-refractivity contribution >= 4 is 21.6 Å². The van der Waals surface area contributed by atoms with Crippen molar-refractivity contribution in [3.05, 3.63) is 32.3 Å². The number of ether oxygens (including phenoxy) is 1. The number of hydrogen-bond donors (Lipinski definition) is 1. The van der Waals surface area contributed by atoms with Gasteiger partial charge in [-0.1, -0.05) is 15.9 Å². The van der Waals surface area contributed by atoms with Crippen LogP contribution in [0.4, 0.5) is 5.69 Å². The highest BCUT2D eigenvalue weighted by Gasteiger charge is 2.17. The fourth-order valence-corrected chi connectivity index (χ4v) is 1.46. The third-order valence-corrected chi connectivity index (χ3v) is 2.45. The first-order valence-electron chi connectivity index (χ1n) is 3.71. The average Bonchev–Trinajstić information content (AvgIpc) is 2.16. The Morgan fingerprint density at radius 3 is 2.71 bits per heavy atom. The summed E-state index contributed by atoms with van der Waals surface area (Å²) in [7, 11) is 1.35. The van der Waals surface area contributed by atoms with E-state index in [4.69, 9.17) is 9.84 Å². The van der Waals surface area contributed by atoms with Crippen LogP contribution in [-0.2, 0) is 6.61 Å². The number of halogens is 1. The maximum absolute atomic E-state index is 10.6. The van der Waals surface area contributed by atoms with Gasteiger partial charge in [0.05, 0.1) is 18.6 Å². The van der Waals surface area contributed by atoms with Gasteiger partial charge in [0.15, 0.2) is 5.75 Å². The van der Waals surface area contributed by atoms with Gasteiger partial charge in [0.1, 0.15) is 0 Å². The third kappa shape index (κ3) is 2.02. The third-order valence-electron chi connectivity index (χ3n) is 1.71. The molecule has 0 spiro atoms. The van der Waals surface area contributed by atoms with Gasteiger partial charge in [-0.15, -0.1) is 0 Å². The Kier molecular flexibility index (Phi) is 3.43. The summed E-state index contributed by atoms with van der Waals surface area (Å²) < 4.78 is 5.42. The number of methoxy groups -OCH3 is 1. The molecule has 0 amide bonds. The highest BCUT2D eigenvalue weighted by Crippen LogP contribution is 2.32. The zero-order chi connectivity index (χ0) is 10.7. The number of aliphatic hydroxyl groups excluding tert-OH is 1. The molecule has 0 aliphatic rings. The van der Waals surface area contributed by atoms with Crippen LogP contribution in [0.5, 0.6) is 5.75 Å². The van der Waals surface area contributed by atoms with Crippen LogP contribution in [0.2, 0.25) is 0 Å². The number of rotatable bonds is 3. The highest BCUT2D eigenvalue weighted by molar-refractivity contribution is 9.10. The number of nitrogens with zero attached hydrogens (tertiary/aromatic N) is 1. The molecular formula is C8H8BrNO4. The average molecular weight is 262 g/mol. The topological polar surface area (TPSA) is 72.6 Å². The van der Waals surface area contributed by atoms with E-state index < -0.39 is 4.92 Å². The largest absolute Gasteiger partial charge is 0.490 e. The summed E-state index contributed by atoms with van der Waals surface area (Å²) in [6, 6.07) is 2.74. The molecule has 1 N–H and O–H groups in total.